The van der Waals surface area contributed by atoms with Crippen LogP contribution in [0.15, 0.2) is 42.6 Å². The fourth-order valence-corrected chi connectivity index (χ4v) is 4.24. The average molecular weight is 365 g/mol. The molecule has 4 heteroatoms. The molecule has 1 atom stereocenters. The molecule has 4 nitrogen and oxygen atoms in total. The van der Waals surface area contributed by atoms with Gasteiger partial charge in [-0.2, -0.15) is 0 Å². The number of pyridine rings is 1. The average Bonchev–Trinajstić information content (AvgIpc) is 3.54. The molecule has 1 fully saturated rings. The molecule has 0 unspecified atom stereocenters. The SMILES string of the molecule is NCCCCN(Cc1ncccc1C1CC1)C[C@H]1Cc2ccccc2CN1. The van der Waals surface area contributed by atoms with Gasteiger partial charge in [-0.15, -0.1) is 0 Å². The van der Waals surface area contributed by atoms with Crippen molar-refractivity contribution in [3.63, 3.8) is 0 Å². The van der Waals surface area contributed by atoms with E-state index in [1.807, 2.05) is 6.20 Å². The monoisotopic (exact) mass is 364 g/mol. The van der Waals surface area contributed by atoms with E-state index in [-0.39, 0.29) is 0 Å². The first kappa shape index (κ1) is 18.6. The van der Waals surface area contributed by atoms with Crippen molar-refractivity contribution < 1.29 is 0 Å². The van der Waals surface area contributed by atoms with Crippen LogP contribution in [0.1, 0.15) is 54.0 Å². The minimum absolute atomic E-state index is 0.505. The zero-order valence-electron chi connectivity index (χ0n) is 16.2. The number of fused-ring (bicyclic) bond motifs is 1. The Bertz CT molecular complexity index is 741. The fraction of sp³-hybridized carbons (Fsp3) is 0.522. The van der Waals surface area contributed by atoms with E-state index in [0.717, 1.165) is 57.9 Å². The Kier molecular flexibility index (Phi) is 6.17. The molecule has 0 amide bonds. The second kappa shape index (κ2) is 8.96. The highest BCUT2D eigenvalue weighted by Gasteiger charge is 2.27. The normalized spacial score (nSPS) is 19.3. The van der Waals surface area contributed by atoms with E-state index in [1.165, 1.54) is 35.2 Å². The Labute approximate surface area is 163 Å². The van der Waals surface area contributed by atoms with Gasteiger partial charge in [0.2, 0.25) is 0 Å². The minimum atomic E-state index is 0.505. The predicted molar refractivity (Wildman–Crippen MR) is 111 cm³/mol. The summed E-state index contributed by atoms with van der Waals surface area (Å²) in [5.74, 6) is 0.749. The summed E-state index contributed by atoms with van der Waals surface area (Å²) in [7, 11) is 0. The van der Waals surface area contributed by atoms with Crippen LogP contribution >= 0.6 is 0 Å². The van der Waals surface area contributed by atoms with Gasteiger partial charge in [0.25, 0.3) is 0 Å². The molecule has 2 aliphatic rings. The molecule has 4 rings (SSSR count). The van der Waals surface area contributed by atoms with Gasteiger partial charge in [-0.05, 0) is 73.9 Å². The van der Waals surface area contributed by atoms with E-state index in [0.29, 0.717) is 6.04 Å². The first-order valence-corrected chi connectivity index (χ1v) is 10.5. The van der Waals surface area contributed by atoms with Gasteiger partial charge in [-0.3, -0.25) is 9.88 Å². The Morgan fingerprint density at radius 1 is 1.07 bits per heavy atom. The molecule has 0 bridgehead atoms. The van der Waals surface area contributed by atoms with Crippen molar-refractivity contribution in [1.82, 2.24) is 15.2 Å². The van der Waals surface area contributed by atoms with Gasteiger partial charge in [0.05, 0.1) is 5.69 Å². The van der Waals surface area contributed by atoms with Crippen LogP contribution in [0.2, 0.25) is 0 Å². The first-order valence-electron chi connectivity index (χ1n) is 10.5. The number of hydrogen-bond acceptors (Lipinski definition) is 4. The first-order chi connectivity index (χ1) is 13.3. The third-order valence-electron chi connectivity index (χ3n) is 5.89. The summed E-state index contributed by atoms with van der Waals surface area (Å²) in [6.45, 7) is 4.88. The molecule has 1 aliphatic heterocycles. The summed E-state index contributed by atoms with van der Waals surface area (Å²) in [5, 5.41) is 3.74. The number of unbranched alkanes of at least 4 members (excludes halogenated alkanes) is 1. The van der Waals surface area contributed by atoms with E-state index >= 15 is 0 Å². The molecular weight excluding hydrogens is 332 g/mol. The van der Waals surface area contributed by atoms with Crippen molar-refractivity contribution in [2.45, 2.75) is 57.2 Å². The van der Waals surface area contributed by atoms with Crippen LogP contribution in [0, 0.1) is 0 Å². The third kappa shape index (κ3) is 4.95. The van der Waals surface area contributed by atoms with Crippen molar-refractivity contribution in [2.24, 2.45) is 5.73 Å². The zero-order valence-corrected chi connectivity index (χ0v) is 16.2. The van der Waals surface area contributed by atoms with Gasteiger partial charge >= 0.3 is 0 Å². The lowest BCUT2D eigenvalue weighted by atomic mass is 9.95. The van der Waals surface area contributed by atoms with Crippen molar-refractivity contribution in [3.8, 4) is 0 Å². The lowest BCUT2D eigenvalue weighted by molar-refractivity contribution is 0.222. The lowest BCUT2D eigenvalue weighted by Crippen LogP contribution is -2.45. The highest BCUT2D eigenvalue weighted by Crippen LogP contribution is 2.41. The van der Waals surface area contributed by atoms with Crippen molar-refractivity contribution in [2.75, 3.05) is 19.6 Å². The lowest BCUT2D eigenvalue weighted by Gasteiger charge is -2.32. The summed E-state index contributed by atoms with van der Waals surface area (Å²) in [4.78, 5) is 7.34. The molecule has 3 N–H and O–H groups in total. The molecule has 0 radical (unpaired) electrons. The van der Waals surface area contributed by atoms with E-state index in [4.69, 9.17) is 10.7 Å². The van der Waals surface area contributed by atoms with Crippen LogP contribution in [-0.4, -0.2) is 35.6 Å². The Hall–Kier alpha value is -1.75. The number of nitrogens with two attached hydrogens (primary N) is 1. The zero-order chi connectivity index (χ0) is 18.5. The minimum Gasteiger partial charge on any atom is -0.330 e. The predicted octanol–water partition coefficient (Wildman–Crippen LogP) is 3.21. The Morgan fingerprint density at radius 3 is 2.74 bits per heavy atom. The summed E-state index contributed by atoms with van der Waals surface area (Å²) in [5.41, 5.74) is 11.4. The summed E-state index contributed by atoms with van der Waals surface area (Å²) < 4.78 is 0. The molecule has 1 aliphatic carbocycles. The number of nitrogens with one attached hydrogen (secondary N) is 1. The quantitative estimate of drug-likeness (QED) is 0.671. The van der Waals surface area contributed by atoms with Crippen LogP contribution in [0.25, 0.3) is 0 Å². The second-order valence-corrected chi connectivity index (χ2v) is 8.10. The number of nitrogens with zero attached hydrogens (tertiary/aromatic N) is 2. The maximum absolute atomic E-state index is 5.73. The number of aromatic nitrogens is 1. The van der Waals surface area contributed by atoms with Gasteiger partial charge in [0.15, 0.2) is 0 Å². The van der Waals surface area contributed by atoms with Gasteiger partial charge in [0, 0.05) is 31.9 Å². The van der Waals surface area contributed by atoms with E-state index < -0.39 is 0 Å². The molecule has 27 heavy (non-hydrogen) atoms. The van der Waals surface area contributed by atoms with Gasteiger partial charge in [-0.1, -0.05) is 30.3 Å². The maximum Gasteiger partial charge on any atom is 0.0578 e. The molecule has 1 aromatic carbocycles. The van der Waals surface area contributed by atoms with Crippen molar-refractivity contribution in [1.29, 1.82) is 0 Å². The number of benzene rings is 1. The molecule has 0 saturated heterocycles. The smallest absolute Gasteiger partial charge is 0.0578 e. The Morgan fingerprint density at radius 2 is 1.93 bits per heavy atom. The summed E-state index contributed by atoms with van der Waals surface area (Å²) in [6, 6.07) is 13.7. The number of hydrogen-bond donors (Lipinski definition) is 2. The van der Waals surface area contributed by atoms with Crippen LogP contribution in [-0.2, 0) is 19.5 Å². The molecule has 2 aromatic rings. The number of rotatable bonds is 9. The molecular formula is C23H32N4. The van der Waals surface area contributed by atoms with E-state index in [2.05, 4.69) is 46.6 Å². The summed E-state index contributed by atoms with van der Waals surface area (Å²) in [6.07, 6.45) is 7.97. The van der Waals surface area contributed by atoms with Gasteiger partial charge in [-0.25, -0.2) is 0 Å². The van der Waals surface area contributed by atoms with Crippen molar-refractivity contribution in [3.05, 3.63) is 65.0 Å². The molecule has 144 valence electrons. The highest BCUT2D eigenvalue weighted by atomic mass is 15.2. The standard InChI is InChI=1S/C23H32N4/c24-11-3-4-13-27(17-23-22(18-9-10-18)8-5-12-25-23)16-21-14-19-6-1-2-7-20(19)15-26-21/h1-2,5-8,12,18,21,26H,3-4,9-11,13-17,24H2/t21-/m1/s1. The van der Waals surface area contributed by atoms with E-state index in [1.54, 1.807) is 0 Å². The highest BCUT2D eigenvalue weighted by molar-refractivity contribution is 5.30. The second-order valence-electron chi connectivity index (χ2n) is 8.10. The topological polar surface area (TPSA) is 54.2 Å². The van der Waals surface area contributed by atoms with Crippen LogP contribution in [0.5, 0.6) is 0 Å². The fourth-order valence-electron chi connectivity index (χ4n) is 4.24. The van der Waals surface area contributed by atoms with Gasteiger partial charge < -0.3 is 11.1 Å². The van der Waals surface area contributed by atoms with E-state index in [9.17, 15) is 0 Å². The van der Waals surface area contributed by atoms with Crippen LogP contribution < -0.4 is 11.1 Å². The van der Waals surface area contributed by atoms with Gasteiger partial charge in [0.1, 0.15) is 0 Å². The van der Waals surface area contributed by atoms with Crippen molar-refractivity contribution >= 4 is 0 Å². The molecule has 1 aromatic heterocycles. The molecule has 1 saturated carbocycles. The summed E-state index contributed by atoms with van der Waals surface area (Å²) >= 11 is 0. The molecule has 0 spiro atoms. The third-order valence-corrected chi connectivity index (χ3v) is 5.89. The largest absolute Gasteiger partial charge is 0.330 e. The molecule has 2 heterocycles. The maximum atomic E-state index is 5.73. The van der Waals surface area contributed by atoms with Crippen LogP contribution in [0.4, 0.5) is 0 Å². The van der Waals surface area contributed by atoms with Crippen LogP contribution in [0.3, 0.4) is 0 Å². The Balaban J connectivity index is 1.43.